The van der Waals surface area contributed by atoms with E-state index in [0.29, 0.717) is 12.1 Å². The Morgan fingerprint density at radius 3 is 2.56 bits per heavy atom. The molecule has 0 saturated heterocycles. The lowest BCUT2D eigenvalue weighted by atomic mass is 10.0. The molecule has 88 valence electrons. The van der Waals surface area contributed by atoms with Crippen molar-refractivity contribution in [1.29, 1.82) is 0 Å². The highest BCUT2D eigenvalue weighted by atomic mass is 19.4. The van der Waals surface area contributed by atoms with Crippen LogP contribution in [-0.4, -0.2) is 16.1 Å². The van der Waals surface area contributed by atoms with Crippen molar-refractivity contribution in [2.45, 2.75) is 25.9 Å². The quantitative estimate of drug-likeness (QED) is 0.782. The topological polar surface area (TPSA) is 53.1 Å². The minimum absolute atomic E-state index is 0.123. The number of halogens is 3. The molecule has 0 amide bonds. The molecule has 1 aliphatic carbocycles. The normalized spacial score (nSPS) is 19.9. The van der Waals surface area contributed by atoms with E-state index in [9.17, 15) is 18.0 Å². The van der Waals surface area contributed by atoms with Gasteiger partial charge in [0.1, 0.15) is 5.69 Å². The summed E-state index contributed by atoms with van der Waals surface area (Å²) in [4.78, 5) is 13.1. The van der Waals surface area contributed by atoms with Crippen LogP contribution >= 0.6 is 0 Å². The largest absolute Gasteiger partial charge is 0.477 e. The first kappa shape index (κ1) is 11.0. The van der Waals surface area contributed by atoms with Crippen LogP contribution in [0.5, 0.6) is 0 Å². The lowest BCUT2D eigenvalue weighted by Crippen LogP contribution is -2.14. The summed E-state index contributed by atoms with van der Waals surface area (Å²) in [6.07, 6.45) is -3.85. The Balaban J connectivity index is 2.60. The SMILES string of the molecule is C[C@H]1Cc2[nH]c(C(=O)O)c(C(F)(F)F)c2C1. The number of alkyl halides is 3. The van der Waals surface area contributed by atoms with E-state index in [0.717, 1.165) is 0 Å². The van der Waals surface area contributed by atoms with Crippen LogP contribution in [0, 0.1) is 5.92 Å². The summed E-state index contributed by atoms with van der Waals surface area (Å²) in [5, 5.41) is 8.72. The average Bonchev–Trinajstić information content (AvgIpc) is 2.56. The highest BCUT2D eigenvalue weighted by Gasteiger charge is 2.42. The van der Waals surface area contributed by atoms with E-state index in [1.54, 1.807) is 0 Å². The van der Waals surface area contributed by atoms with Gasteiger partial charge in [-0.05, 0) is 24.3 Å². The van der Waals surface area contributed by atoms with Gasteiger partial charge in [0.2, 0.25) is 0 Å². The Bertz CT molecular complexity index is 448. The van der Waals surface area contributed by atoms with Crippen molar-refractivity contribution in [1.82, 2.24) is 4.98 Å². The zero-order valence-electron chi connectivity index (χ0n) is 8.48. The number of nitrogens with one attached hydrogen (secondary N) is 1. The number of H-pyrrole nitrogens is 1. The summed E-state index contributed by atoms with van der Waals surface area (Å²) < 4.78 is 38.2. The van der Waals surface area contributed by atoms with Crippen LogP contribution in [-0.2, 0) is 19.0 Å². The predicted octanol–water partition coefficient (Wildman–Crippen LogP) is 2.47. The van der Waals surface area contributed by atoms with Crippen LogP contribution < -0.4 is 0 Å². The highest BCUT2D eigenvalue weighted by Crippen LogP contribution is 2.40. The molecule has 1 aromatic rings. The van der Waals surface area contributed by atoms with Crippen LogP contribution in [0.2, 0.25) is 0 Å². The number of hydrogen-bond donors (Lipinski definition) is 2. The van der Waals surface area contributed by atoms with Crippen molar-refractivity contribution in [2.24, 2.45) is 5.92 Å². The Hall–Kier alpha value is -1.46. The van der Waals surface area contributed by atoms with Gasteiger partial charge in [0.25, 0.3) is 0 Å². The van der Waals surface area contributed by atoms with Gasteiger partial charge in [0.15, 0.2) is 0 Å². The van der Waals surface area contributed by atoms with E-state index in [4.69, 9.17) is 5.11 Å². The second-order valence-electron chi connectivity index (χ2n) is 4.15. The Morgan fingerprint density at radius 2 is 2.06 bits per heavy atom. The Labute approximate surface area is 89.3 Å². The zero-order chi connectivity index (χ0) is 12.1. The molecule has 0 saturated carbocycles. The molecular formula is C10H10F3NO2. The number of aromatic carboxylic acids is 1. The van der Waals surface area contributed by atoms with Gasteiger partial charge in [-0.3, -0.25) is 0 Å². The smallest absolute Gasteiger partial charge is 0.419 e. The standard InChI is InChI=1S/C10H10F3NO2/c1-4-2-5-6(3-4)14-8(9(15)16)7(5)10(11,12)13/h4,14H,2-3H2,1H3,(H,15,16)/t4-/m1/s1. The summed E-state index contributed by atoms with van der Waals surface area (Å²) in [6, 6.07) is 0. The maximum absolute atomic E-state index is 12.7. The zero-order valence-corrected chi connectivity index (χ0v) is 8.48. The molecule has 0 spiro atoms. The van der Waals surface area contributed by atoms with E-state index in [2.05, 4.69) is 4.98 Å². The van der Waals surface area contributed by atoms with Gasteiger partial charge in [-0.25, -0.2) is 4.79 Å². The van der Waals surface area contributed by atoms with Crippen molar-refractivity contribution in [3.63, 3.8) is 0 Å². The number of carbonyl (C=O) groups is 1. The molecule has 6 heteroatoms. The molecule has 16 heavy (non-hydrogen) atoms. The van der Waals surface area contributed by atoms with Gasteiger partial charge in [-0.1, -0.05) is 6.92 Å². The van der Waals surface area contributed by atoms with Crippen molar-refractivity contribution in [3.8, 4) is 0 Å². The molecule has 1 atom stereocenters. The molecule has 0 unspecified atom stereocenters. The fraction of sp³-hybridized carbons (Fsp3) is 0.500. The molecule has 1 aromatic heterocycles. The second kappa shape index (κ2) is 3.26. The number of carboxylic acids is 1. The van der Waals surface area contributed by atoms with Crippen LogP contribution in [0.1, 0.15) is 34.2 Å². The van der Waals surface area contributed by atoms with Gasteiger partial charge in [-0.15, -0.1) is 0 Å². The first-order chi connectivity index (χ1) is 7.30. The Morgan fingerprint density at radius 1 is 1.44 bits per heavy atom. The minimum atomic E-state index is -4.61. The minimum Gasteiger partial charge on any atom is -0.477 e. The lowest BCUT2D eigenvalue weighted by molar-refractivity contribution is -0.138. The van der Waals surface area contributed by atoms with Crippen LogP contribution in [0.25, 0.3) is 0 Å². The van der Waals surface area contributed by atoms with Gasteiger partial charge >= 0.3 is 12.1 Å². The number of carboxylic acid groups (broad SMARTS) is 1. The fourth-order valence-corrected chi connectivity index (χ4v) is 2.23. The first-order valence-electron chi connectivity index (χ1n) is 4.85. The molecule has 0 radical (unpaired) electrons. The summed E-state index contributed by atoms with van der Waals surface area (Å²) >= 11 is 0. The maximum Gasteiger partial charge on any atom is 0.419 e. The maximum atomic E-state index is 12.7. The number of aromatic nitrogens is 1. The molecule has 2 N–H and O–H groups in total. The van der Waals surface area contributed by atoms with Crippen molar-refractivity contribution >= 4 is 5.97 Å². The fourth-order valence-electron chi connectivity index (χ4n) is 2.23. The molecule has 0 bridgehead atoms. The third kappa shape index (κ3) is 1.58. The van der Waals surface area contributed by atoms with Gasteiger partial charge in [-0.2, -0.15) is 13.2 Å². The number of fused-ring (bicyclic) bond motifs is 1. The molecule has 0 fully saturated rings. The monoisotopic (exact) mass is 233 g/mol. The van der Waals surface area contributed by atoms with E-state index >= 15 is 0 Å². The van der Waals surface area contributed by atoms with Gasteiger partial charge in [0.05, 0.1) is 5.56 Å². The number of aromatic amines is 1. The van der Waals surface area contributed by atoms with Crippen LogP contribution in [0.15, 0.2) is 0 Å². The van der Waals surface area contributed by atoms with E-state index in [-0.39, 0.29) is 17.9 Å². The van der Waals surface area contributed by atoms with E-state index < -0.39 is 23.4 Å². The molecule has 2 rings (SSSR count). The van der Waals surface area contributed by atoms with Crippen molar-refractivity contribution in [3.05, 3.63) is 22.5 Å². The van der Waals surface area contributed by atoms with Crippen LogP contribution in [0.3, 0.4) is 0 Å². The van der Waals surface area contributed by atoms with E-state index in [1.165, 1.54) is 0 Å². The first-order valence-corrected chi connectivity index (χ1v) is 4.85. The molecule has 0 aliphatic heterocycles. The van der Waals surface area contributed by atoms with Crippen molar-refractivity contribution < 1.29 is 23.1 Å². The third-order valence-electron chi connectivity index (χ3n) is 2.79. The lowest BCUT2D eigenvalue weighted by Gasteiger charge is -2.09. The molecule has 1 heterocycles. The van der Waals surface area contributed by atoms with Crippen LogP contribution in [0.4, 0.5) is 13.2 Å². The third-order valence-corrected chi connectivity index (χ3v) is 2.79. The summed E-state index contributed by atoms with van der Waals surface area (Å²) in [6.45, 7) is 1.84. The summed E-state index contributed by atoms with van der Waals surface area (Å²) in [5.74, 6) is -1.43. The summed E-state index contributed by atoms with van der Waals surface area (Å²) in [5.41, 5.74) is -1.20. The predicted molar refractivity (Wildman–Crippen MR) is 49.3 cm³/mol. The summed E-state index contributed by atoms with van der Waals surface area (Å²) in [7, 11) is 0. The van der Waals surface area contributed by atoms with Gasteiger partial charge < -0.3 is 10.1 Å². The average molecular weight is 233 g/mol. The molecule has 0 aromatic carbocycles. The van der Waals surface area contributed by atoms with E-state index in [1.807, 2.05) is 6.92 Å². The molecule has 1 aliphatic rings. The van der Waals surface area contributed by atoms with Crippen molar-refractivity contribution in [2.75, 3.05) is 0 Å². The molecular weight excluding hydrogens is 223 g/mol. The second-order valence-corrected chi connectivity index (χ2v) is 4.15. The van der Waals surface area contributed by atoms with Gasteiger partial charge in [0, 0.05) is 5.69 Å². The Kier molecular flexibility index (Phi) is 2.25. The molecule has 3 nitrogen and oxygen atoms in total. The number of hydrogen-bond acceptors (Lipinski definition) is 1. The highest BCUT2D eigenvalue weighted by molar-refractivity contribution is 5.88. The number of rotatable bonds is 1.